The Morgan fingerprint density at radius 2 is 1.92 bits per heavy atom. The summed E-state index contributed by atoms with van der Waals surface area (Å²) < 4.78 is 0. The lowest BCUT2D eigenvalue weighted by Gasteiger charge is -2.21. The van der Waals surface area contributed by atoms with Gasteiger partial charge in [0.2, 0.25) is 5.91 Å². The average Bonchev–Trinajstić information content (AvgIpc) is 3.01. The largest absolute Gasteiger partial charge is 0.347 e. The Labute approximate surface area is 146 Å². The summed E-state index contributed by atoms with van der Waals surface area (Å²) in [6.45, 7) is 6.49. The molecule has 1 aromatic carbocycles. The molecule has 2 aromatic rings. The standard InChI is InChI=1S/C18H23N3O2S/c1-6-21(10-16(22)20(4)5)18(23)15-11-24-17(19-15)14-8-7-12(2)9-13(14)3/h7-9,11H,6,10H2,1-5H3. The monoisotopic (exact) mass is 345 g/mol. The van der Waals surface area contributed by atoms with Crippen LogP contribution >= 0.6 is 11.3 Å². The number of hydrogen-bond donors (Lipinski definition) is 0. The normalized spacial score (nSPS) is 10.5. The number of likely N-dealkylation sites (N-methyl/N-ethyl adjacent to an activating group) is 2. The molecule has 1 heterocycles. The number of rotatable bonds is 5. The molecule has 24 heavy (non-hydrogen) atoms. The van der Waals surface area contributed by atoms with Gasteiger partial charge in [-0.15, -0.1) is 11.3 Å². The van der Waals surface area contributed by atoms with Gasteiger partial charge in [-0.2, -0.15) is 0 Å². The van der Waals surface area contributed by atoms with Gasteiger partial charge in [-0.1, -0.05) is 23.8 Å². The van der Waals surface area contributed by atoms with Crippen LogP contribution in [-0.4, -0.2) is 53.8 Å². The van der Waals surface area contributed by atoms with Crippen LogP contribution < -0.4 is 0 Å². The fraction of sp³-hybridized carbons (Fsp3) is 0.389. The second-order valence-electron chi connectivity index (χ2n) is 5.96. The van der Waals surface area contributed by atoms with Crippen LogP contribution in [0.15, 0.2) is 23.6 Å². The van der Waals surface area contributed by atoms with Gasteiger partial charge < -0.3 is 9.80 Å². The highest BCUT2D eigenvalue weighted by Gasteiger charge is 2.21. The maximum Gasteiger partial charge on any atom is 0.273 e. The molecule has 5 nitrogen and oxygen atoms in total. The molecule has 128 valence electrons. The first-order chi connectivity index (χ1) is 11.3. The first-order valence-corrected chi connectivity index (χ1v) is 8.74. The molecule has 0 N–H and O–H groups in total. The molecule has 6 heteroatoms. The average molecular weight is 345 g/mol. The fourth-order valence-electron chi connectivity index (χ4n) is 2.34. The smallest absolute Gasteiger partial charge is 0.273 e. The number of carbonyl (C=O) groups is 2. The number of aryl methyl sites for hydroxylation is 2. The number of amides is 2. The Kier molecular flexibility index (Phi) is 5.72. The summed E-state index contributed by atoms with van der Waals surface area (Å²) in [7, 11) is 3.36. The van der Waals surface area contributed by atoms with Crippen molar-refractivity contribution < 1.29 is 9.59 Å². The summed E-state index contributed by atoms with van der Waals surface area (Å²) in [5, 5.41) is 2.59. The molecule has 0 aliphatic carbocycles. The summed E-state index contributed by atoms with van der Waals surface area (Å²) >= 11 is 1.45. The van der Waals surface area contributed by atoms with Gasteiger partial charge in [0.25, 0.3) is 5.91 Å². The third-order valence-corrected chi connectivity index (χ3v) is 4.71. The van der Waals surface area contributed by atoms with Crippen molar-refractivity contribution in [3.63, 3.8) is 0 Å². The zero-order valence-corrected chi connectivity index (χ0v) is 15.6. The van der Waals surface area contributed by atoms with Crippen LogP contribution in [0.2, 0.25) is 0 Å². The van der Waals surface area contributed by atoms with Crippen molar-refractivity contribution in [1.29, 1.82) is 0 Å². The number of carbonyl (C=O) groups excluding carboxylic acids is 2. The minimum absolute atomic E-state index is 0.0682. The number of aromatic nitrogens is 1. The molecule has 0 aliphatic rings. The molecule has 0 radical (unpaired) electrons. The number of nitrogens with zero attached hydrogens (tertiary/aromatic N) is 3. The highest BCUT2D eigenvalue weighted by molar-refractivity contribution is 7.13. The zero-order valence-electron chi connectivity index (χ0n) is 14.8. The van der Waals surface area contributed by atoms with Crippen molar-refractivity contribution >= 4 is 23.2 Å². The second kappa shape index (κ2) is 7.57. The van der Waals surface area contributed by atoms with Crippen molar-refractivity contribution in [1.82, 2.24) is 14.8 Å². The van der Waals surface area contributed by atoms with Gasteiger partial charge in [0.05, 0.1) is 0 Å². The van der Waals surface area contributed by atoms with E-state index in [1.165, 1.54) is 26.7 Å². The van der Waals surface area contributed by atoms with E-state index < -0.39 is 0 Å². The van der Waals surface area contributed by atoms with Gasteiger partial charge in [-0.05, 0) is 26.3 Å². The van der Waals surface area contributed by atoms with Crippen LogP contribution in [0.4, 0.5) is 0 Å². The molecular formula is C18H23N3O2S. The topological polar surface area (TPSA) is 53.5 Å². The third-order valence-electron chi connectivity index (χ3n) is 3.83. The van der Waals surface area contributed by atoms with E-state index in [4.69, 9.17) is 0 Å². The molecule has 0 fully saturated rings. The van der Waals surface area contributed by atoms with Gasteiger partial charge in [0, 0.05) is 31.6 Å². The molecule has 2 rings (SSSR count). The number of thiazole rings is 1. The van der Waals surface area contributed by atoms with E-state index >= 15 is 0 Å². The summed E-state index contributed by atoms with van der Waals surface area (Å²) in [4.78, 5) is 32.0. The van der Waals surface area contributed by atoms with Crippen LogP contribution in [-0.2, 0) is 4.79 Å². The highest BCUT2D eigenvalue weighted by atomic mass is 32.1. The van der Waals surface area contributed by atoms with Crippen LogP contribution in [0.5, 0.6) is 0 Å². The summed E-state index contributed by atoms with van der Waals surface area (Å²) in [6.07, 6.45) is 0. The van der Waals surface area contributed by atoms with Crippen molar-refractivity contribution in [2.45, 2.75) is 20.8 Å². The molecule has 0 saturated heterocycles. The van der Waals surface area contributed by atoms with Gasteiger partial charge in [0.1, 0.15) is 17.2 Å². The van der Waals surface area contributed by atoms with Crippen LogP contribution in [0, 0.1) is 13.8 Å². The lowest BCUT2D eigenvalue weighted by Crippen LogP contribution is -2.40. The van der Waals surface area contributed by atoms with Gasteiger partial charge in [-0.3, -0.25) is 9.59 Å². The quantitative estimate of drug-likeness (QED) is 0.837. The summed E-state index contributed by atoms with van der Waals surface area (Å²) in [5.74, 6) is -0.310. The van der Waals surface area contributed by atoms with E-state index in [1.807, 2.05) is 26.0 Å². The first-order valence-electron chi connectivity index (χ1n) is 7.86. The second-order valence-corrected chi connectivity index (χ2v) is 6.82. The molecule has 0 saturated carbocycles. The van der Waals surface area contributed by atoms with E-state index in [0.29, 0.717) is 12.2 Å². The Balaban J connectivity index is 2.22. The van der Waals surface area contributed by atoms with Gasteiger partial charge >= 0.3 is 0 Å². The van der Waals surface area contributed by atoms with E-state index in [-0.39, 0.29) is 18.4 Å². The molecular weight excluding hydrogens is 322 g/mol. The maximum absolute atomic E-state index is 12.6. The summed E-state index contributed by atoms with van der Waals surface area (Å²) in [5.41, 5.74) is 3.77. The molecule has 0 aliphatic heterocycles. The number of hydrogen-bond acceptors (Lipinski definition) is 4. The molecule has 1 aromatic heterocycles. The third kappa shape index (κ3) is 4.00. The molecule has 0 atom stereocenters. The molecule has 0 bridgehead atoms. The fourth-order valence-corrected chi connectivity index (χ4v) is 3.23. The molecule has 0 spiro atoms. The van der Waals surface area contributed by atoms with E-state index in [1.54, 1.807) is 19.5 Å². The number of benzene rings is 1. The van der Waals surface area contributed by atoms with E-state index in [0.717, 1.165) is 16.1 Å². The van der Waals surface area contributed by atoms with E-state index in [2.05, 4.69) is 18.0 Å². The van der Waals surface area contributed by atoms with Crippen molar-refractivity contribution in [3.8, 4) is 10.6 Å². The van der Waals surface area contributed by atoms with Crippen LogP contribution in [0.25, 0.3) is 10.6 Å². The first kappa shape index (κ1) is 18.1. The zero-order chi connectivity index (χ0) is 17.9. The Hall–Kier alpha value is -2.21. The van der Waals surface area contributed by atoms with Crippen molar-refractivity contribution in [2.75, 3.05) is 27.2 Å². The van der Waals surface area contributed by atoms with Crippen molar-refractivity contribution in [3.05, 3.63) is 40.4 Å². The Morgan fingerprint density at radius 3 is 2.50 bits per heavy atom. The summed E-state index contributed by atoms with van der Waals surface area (Å²) in [6, 6.07) is 6.18. The minimum Gasteiger partial charge on any atom is -0.347 e. The van der Waals surface area contributed by atoms with Crippen LogP contribution in [0.3, 0.4) is 0 Å². The minimum atomic E-state index is -0.208. The molecule has 0 unspecified atom stereocenters. The van der Waals surface area contributed by atoms with Crippen molar-refractivity contribution in [2.24, 2.45) is 0 Å². The van der Waals surface area contributed by atoms with Crippen LogP contribution in [0.1, 0.15) is 28.5 Å². The molecule has 2 amide bonds. The predicted molar refractivity (Wildman–Crippen MR) is 97.3 cm³/mol. The maximum atomic E-state index is 12.6. The lowest BCUT2D eigenvalue weighted by molar-refractivity contribution is -0.129. The van der Waals surface area contributed by atoms with Gasteiger partial charge in [0.15, 0.2) is 0 Å². The Morgan fingerprint density at radius 1 is 1.21 bits per heavy atom. The van der Waals surface area contributed by atoms with Gasteiger partial charge in [-0.25, -0.2) is 4.98 Å². The highest BCUT2D eigenvalue weighted by Crippen LogP contribution is 2.27. The lowest BCUT2D eigenvalue weighted by atomic mass is 10.1. The predicted octanol–water partition coefficient (Wildman–Crippen LogP) is 2.98. The van der Waals surface area contributed by atoms with E-state index in [9.17, 15) is 9.59 Å². The Bertz CT molecular complexity index is 752. The SMILES string of the molecule is CCN(CC(=O)N(C)C)C(=O)c1csc(-c2ccc(C)cc2C)n1.